The Morgan fingerprint density at radius 3 is 2.56 bits per heavy atom. The van der Waals surface area contributed by atoms with E-state index in [1.54, 1.807) is 6.07 Å². The molecule has 0 radical (unpaired) electrons. The molecule has 3 aromatic rings. The number of pyridine rings is 2. The van der Waals surface area contributed by atoms with E-state index in [9.17, 15) is 13.2 Å². The van der Waals surface area contributed by atoms with Gasteiger partial charge in [-0.25, -0.2) is 18.2 Å². The van der Waals surface area contributed by atoms with Crippen molar-refractivity contribution in [1.82, 2.24) is 9.97 Å². The second-order valence-corrected chi connectivity index (χ2v) is 9.65. The molecule has 0 amide bonds. The van der Waals surface area contributed by atoms with Crippen LogP contribution in [0.4, 0.5) is 18.9 Å². The summed E-state index contributed by atoms with van der Waals surface area (Å²) < 4.78 is 43.0. The monoisotopic (exact) mass is 466 g/mol. The summed E-state index contributed by atoms with van der Waals surface area (Å²) in [7, 11) is 0. The fraction of sp³-hybridized carbons (Fsp3) is 0.407. The summed E-state index contributed by atoms with van der Waals surface area (Å²) in [5, 5.41) is 0. The van der Waals surface area contributed by atoms with Crippen LogP contribution in [0.25, 0.3) is 11.3 Å². The van der Waals surface area contributed by atoms with Gasteiger partial charge in [0.1, 0.15) is 23.1 Å². The average Bonchev–Trinajstić information content (AvgIpc) is 3.27. The third-order valence-corrected chi connectivity index (χ3v) is 6.92. The number of hydrogen-bond acceptors (Lipinski definition) is 4. The minimum atomic E-state index is -0.829. The van der Waals surface area contributed by atoms with Crippen LogP contribution in [-0.2, 0) is 25.7 Å². The van der Waals surface area contributed by atoms with E-state index in [0.717, 1.165) is 56.5 Å². The normalized spacial score (nSPS) is 20.0. The van der Waals surface area contributed by atoms with E-state index in [2.05, 4.69) is 16.8 Å². The highest BCUT2D eigenvalue weighted by Crippen LogP contribution is 2.36. The fourth-order valence-electron chi connectivity index (χ4n) is 5.48. The van der Waals surface area contributed by atoms with Gasteiger partial charge in [0, 0.05) is 42.4 Å². The lowest BCUT2D eigenvalue weighted by Gasteiger charge is -2.38. The molecule has 1 aromatic carbocycles. The molecule has 0 unspecified atom stereocenters. The van der Waals surface area contributed by atoms with Crippen LogP contribution in [0, 0.1) is 23.4 Å². The molecule has 0 saturated carbocycles. The maximum Gasteiger partial charge on any atom is 0.149 e. The highest BCUT2D eigenvalue weighted by molar-refractivity contribution is 5.63. The quantitative estimate of drug-likeness (QED) is 0.575. The molecule has 2 aromatic heterocycles. The van der Waals surface area contributed by atoms with Crippen molar-refractivity contribution in [3.05, 3.63) is 76.5 Å². The number of aryl methyl sites for hydroxylation is 3. The molecule has 0 spiro atoms. The number of hydrogen-bond donors (Lipinski definition) is 1. The highest BCUT2D eigenvalue weighted by Gasteiger charge is 2.28. The summed E-state index contributed by atoms with van der Waals surface area (Å²) in [4.78, 5) is 11.5. The van der Waals surface area contributed by atoms with Crippen LogP contribution in [-0.4, -0.2) is 29.1 Å². The summed E-state index contributed by atoms with van der Waals surface area (Å²) in [6.07, 6.45) is 7.23. The molecule has 1 aliphatic carbocycles. The van der Waals surface area contributed by atoms with Crippen molar-refractivity contribution in [2.24, 2.45) is 11.7 Å². The van der Waals surface area contributed by atoms with Gasteiger partial charge in [-0.2, -0.15) is 0 Å². The zero-order valence-corrected chi connectivity index (χ0v) is 19.3. The van der Waals surface area contributed by atoms with E-state index >= 15 is 0 Å². The van der Waals surface area contributed by atoms with Gasteiger partial charge in [0.15, 0.2) is 0 Å². The van der Waals surface area contributed by atoms with Gasteiger partial charge in [-0.1, -0.05) is 13.0 Å². The number of nitrogens with zero attached hydrogens (tertiary/aromatic N) is 3. The third-order valence-electron chi connectivity index (χ3n) is 6.92. The minimum absolute atomic E-state index is 0.138. The second kappa shape index (κ2) is 9.37. The van der Waals surface area contributed by atoms with Crippen molar-refractivity contribution in [3.8, 4) is 11.3 Å². The van der Waals surface area contributed by atoms with E-state index in [1.165, 1.54) is 29.1 Å². The van der Waals surface area contributed by atoms with Gasteiger partial charge in [-0.3, -0.25) is 4.98 Å². The Hall–Kier alpha value is -2.93. The Bertz CT molecular complexity index is 1180. The van der Waals surface area contributed by atoms with Crippen LogP contribution in [0.1, 0.15) is 42.3 Å². The van der Waals surface area contributed by atoms with Crippen molar-refractivity contribution < 1.29 is 13.2 Å². The lowest BCUT2D eigenvalue weighted by atomic mass is 9.93. The minimum Gasteiger partial charge on any atom is -0.369 e. The maximum atomic E-state index is 14.5. The molecule has 1 saturated heterocycles. The number of aromatic nitrogens is 2. The summed E-state index contributed by atoms with van der Waals surface area (Å²) in [5.74, 6) is -1.89. The Balaban J connectivity index is 1.45. The summed E-state index contributed by atoms with van der Waals surface area (Å²) in [6.45, 7) is 4.01. The maximum absolute atomic E-state index is 14.5. The number of fused-ring (bicyclic) bond motifs is 1. The van der Waals surface area contributed by atoms with Gasteiger partial charge in [0.25, 0.3) is 0 Å². The molecule has 34 heavy (non-hydrogen) atoms. The number of halogens is 3. The molecular formula is C27H29F3N4. The molecule has 178 valence electrons. The van der Waals surface area contributed by atoms with Gasteiger partial charge in [-0.05, 0) is 79.8 Å². The van der Waals surface area contributed by atoms with Crippen LogP contribution in [0.3, 0.4) is 0 Å². The zero-order chi connectivity index (χ0) is 23.8. The molecule has 3 heterocycles. The predicted molar refractivity (Wildman–Crippen MR) is 127 cm³/mol. The molecule has 0 bridgehead atoms. The SMILES string of the molecule is C[C@@H]1C[C@H](N)CN(c2c(CCc3ccc(F)c(-c4c(F)cccc4F)n3)cnc3c2CCC3)C1. The van der Waals surface area contributed by atoms with E-state index in [4.69, 9.17) is 10.7 Å². The second-order valence-electron chi connectivity index (χ2n) is 9.65. The number of anilines is 1. The number of piperidine rings is 1. The van der Waals surface area contributed by atoms with E-state index in [0.29, 0.717) is 24.5 Å². The van der Waals surface area contributed by atoms with Gasteiger partial charge in [0.2, 0.25) is 0 Å². The van der Waals surface area contributed by atoms with Crippen molar-refractivity contribution in [1.29, 1.82) is 0 Å². The summed E-state index contributed by atoms with van der Waals surface area (Å²) in [5.41, 5.74) is 11.1. The first-order valence-electron chi connectivity index (χ1n) is 12.0. The molecule has 7 heteroatoms. The third kappa shape index (κ3) is 4.41. The molecule has 5 rings (SSSR count). The van der Waals surface area contributed by atoms with Crippen molar-refractivity contribution in [2.45, 2.75) is 51.5 Å². The number of rotatable bonds is 5. The Morgan fingerprint density at radius 1 is 1.00 bits per heavy atom. The van der Waals surface area contributed by atoms with Crippen LogP contribution in [0.2, 0.25) is 0 Å². The molecule has 1 fully saturated rings. The van der Waals surface area contributed by atoms with E-state index < -0.39 is 23.0 Å². The topological polar surface area (TPSA) is 55.0 Å². The van der Waals surface area contributed by atoms with Crippen molar-refractivity contribution in [2.75, 3.05) is 18.0 Å². The van der Waals surface area contributed by atoms with Crippen LogP contribution < -0.4 is 10.6 Å². The van der Waals surface area contributed by atoms with E-state index in [1.807, 2.05) is 6.20 Å². The highest BCUT2D eigenvalue weighted by atomic mass is 19.1. The summed E-state index contributed by atoms with van der Waals surface area (Å²) in [6, 6.07) is 6.43. The standard InChI is InChI=1S/C27H29F3N4/c1-16-12-18(31)15-34(14-16)27-17(13-32-24-7-2-4-20(24)27)8-9-19-10-11-23(30)26(33-19)25-21(28)5-3-6-22(25)29/h3,5-6,10-11,13,16,18H,2,4,7-9,12,14-15,31H2,1H3/t16-,18+/m1/s1. The smallest absolute Gasteiger partial charge is 0.149 e. The Kier molecular flexibility index (Phi) is 6.30. The summed E-state index contributed by atoms with van der Waals surface area (Å²) >= 11 is 0. The number of benzene rings is 1. The van der Waals surface area contributed by atoms with Crippen LogP contribution in [0.5, 0.6) is 0 Å². The Morgan fingerprint density at radius 2 is 1.79 bits per heavy atom. The fourth-order valence-corrected chi connectivity index (χ4v) is 5.48. The average molecular weight is 467 g/mol. The molecule has 1 aliphatic heterocycles. The van der Waals surface area contributed by atoms with Crippen LogP contribution in [0.15, 0.2) is 36.5 Å². The van der Waals surface area contributed by atoms with Crippen LogP contribution >= 0.6 is 0 Å². The van der Waals surface area contributed by atoms with Gasteiger partial charge in [0.05, 0.1) is 5.56 Å². The Labute approximate surface area is 198 Å². The molecule has 2 atom stereocenters. The first kappa shape index (κ1) is 22.8. The zero-order valence-electron chi connectivity index (χ0n) is 19.3. The molecular weight excluding hydrogens is 437 g/mol. The largest absolute Gasteiger partial charge is 0.369 e. The molecule has 4 nitrogen and oxygen atoms in total. The molecule has 2 N–H and O–H groups in total. The molecule has 2 aliphatic rings. The van der Waals surface area contributed by atoms with Gasteiger partial charge < -0.3 is 10.6 Å². The van der Waals surface area contributed by atoms with Gasteiger partial charge >= 0.3 is 0 Å². The van der Waals surface area contributed by atoms with E-state index in [-0.39, 0.29) is 11.7 Å². The lowest BCUT2D eigenvalue weighted by Crippen LogP contribution is -2.47. The first-order valence-corrected chi connectivity index (χ1v) is 12.0. The lowest BCUT2D eigenvalue weighted by molar-refractivity contribution is 0.400. The van der Waals surface area contributed by atoms with Gasteiger partial charge in [-0.15, -0.1) is 0 Å². The van der Waals surface area contributed by atoms with Crippen molar-refractivity contribution in [3.63, 3.8) is 0 Å². The number of nitrogens with two attached hydrogens (primary N) is 1. The first-order chi connectivity index (χ1) is 16.4. The van der Waals surface area contributed by atoms with Crippen molar-refractivity contribution >= 4 is 5.69 Å². The predicted octanol–water partition coefficient (Wildman–Crippen LogP) is 5.01.